The summed E-state index contributed by atoms with van der Waals surface area (Å²) in [6.45, 7) is 8.80. The van der Waals surface area contributed by atoms with Crippen LogP contribution in [0.3, 0.4) is 0 Å². The predicted molar refractivity (Wildman–Crippen MR) is 84.5 cm³/mol. The first-order chi connectivity index (χ1) is 10.7. The monoisotopic (exact) mass is 343 g/mol. The lowest BCUT2D eigenvalue weighted by atomic mass is 10.2. The summed E-state index contributed by atoms with van der Waals surface area (Å²) < 4.78 is 12.0. The van der Waals surface area contributed by atoms with Gasteiger partial charge in [-0.3, -0.25) is 4.68 Å². The summed E-state index contributed by atoms with van der Waals surface area (Å²) in [4.78, 5) is 25.7. The van der Waals surface area contributed by atoms with Gasteiger partial charge in [0, 0.05) is 13.1 Å². The molecule has 0 unspecified atom stereocenters. The highest BCUT2D eigenvalue weighted by molar-refractivity contribution is 6.34. The number of rotatable bonds is 2. The first-order valence-electron chi connectivity index (χ1n) is 7.63. The van der Waals surface area contributed by atoms with Gasteiger partial charge in [-0.25, -0.2) is 9.59 Å². The van der Waals surface area contributed by atoms with E-state index in [4.69, 9.17) is 21.1 Å². The third kappa shape index (κ3) is 4.16. The molecule has 7 nitrogen and oxygen atoms in total. The van der Waals surface area contributed by atoms with E-state index >= 15 is 0 Å². The molecule has 1 aromatic heterocycles. The number of hydrogen-bond donors (Lipinski definition) is 0. The molecule has 0 bridgehead atoms. The Balaban J connectivity index is 2.22. The Bertz CT molecular complexity index is 607. The van der Waals surface area contributed by atoms with Crippen molar-refractivity contribution in [3.8, 4) is 0 Å². The van der Waals surface area contributed by atoms with Gasteiger partial charge in [0.25, 0.3) is 0 Å². The number of esters is 1. The van der Waals surface area contributed by atoms with Gasteiger partial charge in [0.2, 0.25) is 0 Å². The number of halogens is 1. The van der Waals surface area contributed by atoms with Crippen molar-refractivity contribution in [3.05, 3.63) is 16.4 Å². The molecule has 0 aromatic carbocycles. The predicted octanol–water partition coefficient (Wildman–Crippen LogP) is 2.85. The van der Waals surface area contributed by atoms with E-state index in [0.29, 0.717) is 25.2 Å². The van der Waals surface area contributed by atoms with Gasteiger partial charge in [-0.1, -0.05) is 11.6 Å². The lowest BCUT2D eigenvalue weighted by Gasteiger charge is -2.26. The summed E-state index contributed by atoms with van der Waals surface area (Å²) in [7, 11) is 0. The minimum Gasteiger partial charge on any atom is -0.461 e. The average molecular weight is 344 g/mol. The van der Waals surface area contributed by atoms with Crippen molar-refractivity contribution in [1.29, 1.82) is 0 Å². The van der Waals surface area contributed by atoms with E-state index in [9.17, 15) is 9.59 Å². The Labute approximate surface area is 140 Å². The van der Waals surface area contributed by atoms with E-state index < -0.39 is 17.7 Å². The first-order valence-corrected chi connectivity index (χ1v) is 8.01. The Kier molecular flexibility index (Phi) is 5.19. The van der Waals surface area contributed by atoms with Crippen LogP contribution in [0.2, 0.25) is 5.02 Å². The second-order valence-electron chi connectivity index (χ2n) is 6.31. The van der Waals surface area contributed by atoms with Crippen LogP contribution < -0.4 is 0 Å². The maximum Gasteiger partial charge on any atom is 0.410 e. The molecule has 0 fully saturated rings. The minimum absolute atomic E-state index is 0.0922. The lowest BCUT2D eigenvalue weighted by Crippen LogP contribution is -2.36. The summed E-state index contributed by atoms with van der Waals surface area (Å²) in [6, 6.07) is 0. The van der Waals surface area contributed by atoms with Crippen LogP contribution in [0.4, 0.5) is 4.79 Å². The quantitative estimate of drug-likeness (QED) is 0.772. The summed E-state index contributed by atoms with van der Waals surface area (Å²) in [5.41, 5.74) is 0.149. The van der Waals surface area contributed by atoms with Crippen LogP contribution in [0.1, 0.15) is 50.3 Å². The summed E-state index contributed by atoms with van der Waals surface area (Å²) in [5.74, 6) is -0.554. The zero-order chi connectivity index (χ0) is 17.2. The number of fused-ring (bicyclic) bond motifs is 1. The van der Waals surface area contributed by atoms with Crippen molar-refractivity contribution in [1.82, 2.24) is 14.7 Å². The summed E-state index contributed by atoms with van der Waals surface area (Å²) >= 11 is 6.29. The summed E-state index contributed by atoms with van der Waals surface area (Å²) in [6.07, 6.45) is 0.299. The molecule has 0 saturated heterocycles. The lowest BCUT2D eigenvalue weighted by molar-refractivity contribution is 0.0236. The number of nitrogens with zero attached hydrogens (tertiary/aromatic N) is 3. The number of hydrogen-bond acceptors (Lipinski definition) is 5. The van der Waals surface area contributed by atoms with E-state index in [1.54, 1.807) is 16.5 Å². The maximum absolute atomic E-state index is 12.3. The second kappa shape index (κ2) is 6.78. The Morgan fingerprint density at radius 3 is 2.61 bits per heavy atom. The molecule has 1 aliphatic rings. The highest BCUT2D eigenvalue weighted by atomic mass is 35.5. The van der Waals surface area contributed by atoms with Crippen molar-refractivity contribution in [2.24, 2.45) is 0 Å². The number of aryl methyl sites for hydroxylation is 1. The SMILES string of the molecule is CCOC(=O)c1nn2c(c1Cl)CN(C(=O)OC(C)(C)C)CCC2. The van der Waals surface area contributed by atoms with Gasteiger partial charge < -0.3 is 14.4 Å². The minimum atomic E-state index is -0.566. The molecular formula is C15H22ClN3O4. The van der Waals surface area contributed by atoms with Gasteiger partial charge in [-0.2, -0.15) is 5.10 Å². The van der Waals surface area contributed by atoms with Crippen LogP contribution in [0, 0.1) is 0 Å². The third-order valence-corrected chi connectivity index (χ3v) is 3.65. The van der Waals surface area contributed by atoms with Crippen LogP contribution in [0.15, 0.2) is 0 Å². The molecule has 1 aliphatic heterocycles. The van der Waals surface area contributed by atoms with Gasteiger partial charge in [0.1, 0.15) is 5.60 Å². The largest absolute Gasteiger partial charge is 0.461 e. The summed E-state index contributed by atoms with van der Waals surface area (Å²) in [5, 5.41) is 4.46. The smallest absolute Gasteiger partial charge is 0.410 e. The number of carbonyl (C=O) groups is 2. The van der Waals surface area contributed by atoms with Crippen molar-refractivity contribution >= 4 is 23.7 Å². The molecule has 0 atom stereocenters. The van der Waals surface area contributed by atoms with Crippen molar-refractivity contribution in [3.63, 3.8) is 0 Å². The van der Waals surface area contributed by atoms with Crippen molar-refractivity contribution < 1.29 is 19.1 Å². The standard InChI is InChI=1S/C15H22ClN3O4/c1-5-22-13(20)12-11(16)10-9-18(7-6-8-19(10)17-12)14(21)23-15(2,3)4/h5-9H2,1-4H3. The van der Waals surface area contributed by atoms with Gasteiger partial charge in [-0.05, 0) is 34.1 Å². The second-order valence-corrected chi connectivity index (χ2v) is 6.69. The molecule has 8 heteroatoms. The first kappa shape index (κ1) is 17.6. The zero-order valence-corrected chi connectivity index (χ0v) is 14.6. The number of carbonyl (C=O) groups excluding carboxylic acids is 2. The number of amides is 1. The molecule has 23 heavy (non-hydrogen) atoms. The fraction of sp³-hybridized carbons (Fsp3) is 0.667. The molecule has 0 saturated carbocycles. The molecule has 0 aliphatic carbocycles. The van der Waals surface area contributed by atoms with Gasteiger partial charge in [0.05, 0.1) is 23.9 Å². The molecular weight excluding hydrogens is 322 g/mol. The molecule has 2 heterocycles. The fourth-order valence-electron chi connectivity index (χ4n) is 2.29. The molecule has 0 radical (unpaired) electrons. The van der Waals surface area contributed by atoms with Crippen LogP contribution in [0.25, 0.3) is 0 Å². The van der Waals surface area contributed by atoms with E-state index in [0.717, 1.165) is 0 Å². The van der Waals surface area contributed by atoms with Crippen molar-refractivity contribution in [2.45, 2.75) is 52.8 Å². The molecule has 2 rings (SSSR count). The molecule has 1 aromatic rings. The topological polar surface area (TPSA) is 73.7 Å². The van der Waals surface area contributed by atoms with Gasteiger partial charge >= 0.3 is 12.1 Å². The normalized spacial score (nSPS) is 14.9. The molecule has 128 valence electrons. The van der Waals surface area contributed by atoms with E-state index in [2.05, 4.69) is 5.10 Å². The Hall–Kier alpha value is -1.76. The Morgan fingerprint density at radius 1 is 1.30 bits per heavy atom. The van der Waals surface area contributed by atoms with E-state index in [1.165, 1.54) is 0 Å². The van der Waals surface area contributed by atoms with E-state index in [1.807, 2.05) is 20.8 Å². The van der Waals surface area contributed by atoms with Crippen LogP contribution in [-0.2, 0) is 22.6 Å². The highest BCUT2D eigenvalue weighted by Crippen LogP contribution is 2.26. The van der Waals surface area contributed by atoms with Gasteiger partial charge in [0.15, 0.2) is 5.69 Å². The fourth-order valence-corrected chi connectivity index (χ4v) is 2.57. The third-order valence-electron chi connectivity index (χ3n) is 3.25. The van der Waals surface area contributed by atoms with Gasteiger partial charge in [-0.15, -0.1) is 0 Å². The van der Waals surface area contributed by atoms with Crippen molar-refractivity contribution in [2.75, 3.05) is 13.2 Å². The highest BCUT2D eigenvalue weighted by Gasteiger charge is 2.29. The number of ether oxygens (including phenoxy) is 2. The van der Waals surface area contributed by atoms with Crippen LogP contribution in [0.5, 0.6) is 0 Å². The van der Waals surface area contributed by atoms with Crippen LogP contribution >= 0.6 is 11.6 Å². The molecule has 0 N–H and O–H groups in total. The zero-order valence-electron chi connectivity index (χ0n) is 13.9. The van der Waals surface area contributed by atoms with E-state index in [-0.39, 0.29) is 23.9 Å². The Morgan fingerprint density at radius 2 is 2.00 bits per heavy atom. The average Bonchev–Trinajstić information content (AvgIpc) is 2.62. The number of aromatic nitrogens is 2. The maximum atomic E-state index is 12.3. The van der Waals surface area contributed by atoms with Crippen LogP contribution in [-0.4, -0.2) is 45.5 Å². The molecule has 1 amide bonds. The molecule has 0 spiro atoms.